The van der Waals surface area contributed by atoms with Crippen molar-refractivity contribution in [2.24, 2.45) is 0 Å². The van der Waals surface area contributed by atoms with Gasteiger partial charge in [0.15, 0.2) is 6.10 Å². The molecule has 4 heterocycles. The first-order valence-corrected chi connectivity index (χ1v) is 18.0. The van der Waals surface area contributed by atoms with E-state index in [2.05, 4.69) is 26.1 Å². The fraction of sp³-hybridized carbons (Fsp3) is 0.543. The van der Waals surface area contributed by atoms with Crippen molar-refractivity contribution in [1.29, 1.82) is 0 Å². The SMILES string of the molecule is O=C(O)CN1CCN(C2CCN(C(=O)C(Cc3ccc(O)c(Br)c3)OC(=O)N3CCC(N4CCc5ccccc5NC4=O)CC3)CC2)CC1. The van der Waals surface area contributed by atoms with Gasteiger partial charge in [-0.2, -0.15) is 0 Å². The smallest absolute Gasteiger partial charge is 0.410 e. The van der Waals surface area contributed by atoms with E-state index in [0.29, 0.717) is 69.2 Å². The minimum Gasteiger partial charge on any atom is -0.507 e. The predicted molar refractivity (Wildman–Crippen MR) is 185 cm³/mol. The van der Waals surface area contributed by atoms with Gasteiger partial charge in [-0.1, -0.05) is 24.3 Å². The van der Waals surface area contributed by atoms with Gasteiger partial charge in [0.2, 0.25) is 0 Å². The Morgan fingerprint density at radius 2 is 1.55 bits per heavy atom. The zero-order valence-corrected chi connectivity index (χ0v) is 29.2. The number of ether oxygens (including phenoxy) is 1. The largest absolute Gasteiger partial charge is 0.507 e. The maximum atomic E-state index is 14.0. The first-order valence-electron chi connectivity index (χ1n) is 17.2. The second kappa shape index (κ2) is 15.8. The van der Waals surface area contributed by atoms with Crippen molar-refractivity contribution in [2.75, 3.05) is 70.8 Å². The van der Waals surface area contributed by atoms with E-state index in [1.54, 1.807) is 28.0 Å². The van der Waals surface area contributed by atoms with E-state index >= 15 is 0 Å². The average Bonchev–Trinajstić information content (AvgIpc) is 3.27. The third-order valence-electron chi connectivity index (χ3n) is 10.3. The van der Waals surface area contributed by atoms with Crippen LogP contribution in [0.25, 0.3) is 0 Å². The summed E-state index contributed by atoms with van der Waals surface area (Å²) in [7, 11) is 0. The number of nitrogens with one attached hydrogen (secondary N) is 1. The monoisotopic (exact) mass is 740 g/mol. The van der Waals surface area contributed by atoms with Gasteiger partial charge in [0.05, 0.1) is 11.0 Å². The minimum absolute atomic E-state index is 0.00780. The van der Waals surface area contributed by atoms with Crippen LogP contribution in [-0.2, 0) is 27.2 Å². The van der Waals surface area contributed by atoms with Crippen molar-refractivity contribution in [2.45, 2.75) is 56.7 Å². The standard InChI is InChI=1S/C35H45BrN6O7/c36-28-21-24(5-6-30(28)43)22-31(33(46)40-12-8-26(9-13-40)39-19-17-38(18-20-39)23-32(44)45)49-35(48)41-14-10-27(11-15-41)42-16-7-25-3-1-2-4-29(25)37-34(42)47/h1-6,21,26-27,31,43H,7-20,22-23H2,(H,37,47)(H,44,45). The van der Waals surface area contributed by atoms with E-state index in [0.717, 1.165) is 49.2 Å². The maximum absolute atomic E-state index is 14.0. The van der Waals surface area contributed by atoms with Crippen LogP contribution in [0.1, 0.15) is 36.8 Å². The van der Waals surface area contributed by atoms with Crippen LogP contribution in [0, 0.1) is 0 Å². The summed E-state index contributed by atoms with van der Waals surface area (Å²) in [4.78, 5) is 61.3. The fourth-order valence-electron chi connectivity index (χ4n) is 7.50. The van der Waals surface area contributed by atoms with Crippen LogP contribution >= 0.6 is 15.9 Å². The molecule has 3 fully saturated rings. The number of phenols is 1. The summed E-state index contributed by atoms with van der Waals surface area (Å²) >= 11 is 3.35. The van der Waals surface area contributed by atoms with E-state index < -0.39 is 18.2 Å². The molecule has 1 atom stereocenters. The topological polar surface area (TPSA) is 146 Å². The Labute approximate surface area is 294 Å². The number of piperazine rings is 1. The molecule has 3 N–H and O–H groups in total. The number of hydrogen-bond donors (Lipinski definition) is 3. The van der Waals surface area contributed by atoms with Gasteiger partial charge >= 0.3 is 18.1 Å². The van der Waals surface area contributed by atoms with Gasteiger partial charge in [-0.15, -0.1) is 0 Å². The van der Waals surface area contributed by atoms with Gasteiger partial charge in [0.1, 0.15) is 5.75 Å². The number of halogens is 1. The van der Waals surface area contributed by atoms with Gasteiger partial charge < -0.3 is 35.0 Å². The lowest BCUT2D eigenvalue weighted by molar-refractivity contribution is -0.142. The Kier molecular flexibility index (Phi) is 11.3. The molecule has 0 bridgehead atoms. The highest BCUT2D eigenvalue weighted by molar-refractivity contribution is 9.10. The Hall–Kier alpha value is -3.88. The number of para-hydroxylation sites is 1. The summed E-state index contributed by atoms with van der Waals surface area (Å²) in [5.41, 5.74) is 2.69. The molecular weight excluding hydrogens is 696 g/mol. The lowest BCUT2D eigenvalue weighted by Gasteiger charge is -2.43. The fourth-order valence-corrected chi connectivity index (χ4v) is 7.92. The molecule has 14 heteroatoms. The van der Waals surface area contributed by atoms with Gasteiger partial charge in [0.25, 0.3) is 5.91 Å². The van der Waals surface area contributed by atoms with Gasteiger partial charge in [0, 0.05) is 83.1 Å². The molecule has 0 spiro atoms. The van der Waals surface area contributed by atoms with Gasteiger partial charge in [-0.3, -0.25) is 19.4 Å². The summed E-state index contributed by atoms with van der Waals surface area (Å²) in [5, 5.41) is 22.1. The highest BCUT2D eigenvalue weighted by atomic mass is 79.9. The first-order chi connectivity index (χ1) is 23.6. The molecule has 4 aliphatic heterocycles. The molecule has 1 unspecified atom stereocenters. The van der Waals surface area contributed by atoms with E-state index in [1.807, 2.05) is 34.1 Å². The van der Waals surface area contributed by atoms with Crippen molar-refractivity contribution >= 4 is 45.6 Å². The Balaban J connectivity index is 1.05. The third-order valence-corrected chi connectivity index (χ3v) is 11.0. The molecule has 4 aliphatic rings. The van der Waals surface area contributed by atoms with Crippen molar-refractivity contribution in [3.63, 3.8) is 0 Å². The molecule has 49 heavy (non-hydrogen) atoms. The van der Waals surface area contributed by atoms with Gasteiger partial charge in [-0.25, -0.2) is 9.59 Å². The van der Waals surface area contributed by atoms with Crippen molar-refractivity contribution in [3.8, 4) is 5.75 Å². The number of anilines is 1. The average molecular weight is 742 g/mol. The summed E-state index contributed by atoms with van der Waals surface area (Å²) in [5.74, 6) is -0.967. The van der Waals surface area contributed by atoms with Crippen LogP contribution in [0.3, 0.4) is 0 Å². The molecule has 264 valence electrons. The molecule has 0 aliphatic carbocycles. The number of piperidine rings is 2. The van der Waals surface area contributed by atoms with Crippen LogP contribution in [0.4, 0.5) is 15.3 Å². The number of aliphatic carboxylic acids is 1. The minimum atomic E-state index is -1.03. The van der Waals surface area contributed by atoms with Crippen LogP contribution < -0.4 is 5.32 Å². The van der Waals surface area contributed by atoms with Crippen LogP contribution in [0.5, 0.6) is 5.75 Å². The Morgan fingerprint density at radius 1 is 0.878 bits per heavy atom. The number of rotatable bonds is 8. The Morgan fingerprint density at radius 3 is 2.24 bits per heavy atom. The molecule has 3 saturated heterocycles. The Bertz CT molecular complexity index is 1520. The number of phenolic OH excluding ortho intramolecular Hbond substituents is 1. The normalized spacial score (nSPS) is 20.7. The van der Waals surface area contributed by atoms with Crippen LogP contribution in [0.2, 0.25) is 0 Å². The predicted octanol–water partition coefficient (Wildman–Crippen LogP) is 3.45. The number of amides is 4. The van der Waals surface area contributed by atoms with E-state index in [-0.39, 0.29) is 36.7 Å². The number of carbonyl (C=O) groups is 4. The molecule has 0 aromatic heterocycles. The highest BCUT2D eigenvalue weighted by Gasteiger charge is 2.36. The lowest BCUT2D eigenvalue weighted by Crippen LogP contribution is -2.55. The number of likely N-dealkylation sites (tertiary alicyclic amines) is 2. The number of fused-ring (bicyclic) bond motifs is 1. The molecule has 13 nitrogen and oxygen atoms in total. The number of hydrogen-bond acceptors (Lipinski definition) is 8. The number of carboxylic acids is 1. The zero-order valence-electron chi connectivity index (χ0n) is 27.6. The van der Waals surface area contributed by atoms with E-state index in [4.69, 9.17) is 9.84 Å². The molecule has 0 radical (unpaired) electrons. The second-order valence-corrected chi connectivity index (χ2v) is 14.2. The number of aromatic hydroxyl groups is 1. The van der Waals surface area contributed by atoms with Crippen LogP contribution in [0.15, 0.2) is 46.9 Å². The summed E-state index contributed by atoms with van der Waals surface area (Å²) < 4.78 is 6.49. The molecule has 6 rings (SSSR count). The van der Waals surface area contributed by atoms with E-state index in [9.17, 15) is 24.3 Å². The van der Waals surface area contributed by atoms with E-state index in [1.165, 1.54) is 0 Å². The highest BCUT2D eigenvalue weighted by Crippen LogP contribution is 2.28. The quantitative estimate of drug-likeness (QED) is 0.371. The number of urea groups is 1. The van der Waals surface area contributed by atoms with Gasteiger partial charge in [-0.05, 0) is 77.4 Å². The summed E-state index contributed by atoms with van der Waals surface area (Å²) in [6.07, 6.45) is 2.15. The molecule has 2 aromatic carbocycles. The van der Waals surface area contributed by atoms with Crippen molar-refractivity contribution in [3.05, 3.63) is 58.1 Å². The lowest BCUT2D eigenvalue weighted by atomic mass is 10.0. The number of nitrogens with zero attached hydrogens (tertiary/aromatic N) is 5. The zero-order chi connectivity index (χ0) is 34.5. The number of benzene rings is 2. The van der Waals surface area contributed by atoms with Crippen molar-refractivity contribution < 1.29 is 34.1 Å². The maximum Gasteiger partial charge on any atom is 0.410 e. The summed E-state index contributed by atoms with van der Waals surface area (Å²) in [6, 6.07) is 13.0. The molecular formula is C35H45BrN6O7. The van der Waals surface area contributed by atoms with Crippen molar-refractivity contribution in [1.82, 2.24) is 24.5 Å². The first kappa shape index (κ1) is 35.0. The van der Waals surface area contributed by atoms with Crippen LogP contribution in [-0.4, -0.2) is 142 Å². The second-order valence-electron chi connectivity index (χ2n) is 13.4. The summed E-state index contributed by atoms with van der Waals surface area (Å²) in [6.45, 7) is 5.59. The molecule has 4 amide bonds. The molecule has 2 aromatic rings. The number of carbonyl (C=O) groups excluding carboxylic acids is 3. The third kappa shape index (κ3) is 8.65. The number of carboxylic acid groups (broad SMARTS) is 1. The molecule has 0 saturated carbocycles.